The van der Waals surface area contributed by atoms with Crippen molar-refractivity contribution in [3.63, 3.8) is 0 Å². The van der Waals surface area contributed by atoms with E-state index in [0.717, 1.165) is 39.1 Å². The third-order valence-electron chi connectivity index (χ3n) is 6.15. The van der Waals surface area contributed by atoms with Gasteiger partial charge in [0.15, 0.2) is 0 Å². The van der Waals surface area contributed by atoms with Crippen molar-refractivity contribution >= 4 is 21.6 Å². The minimum absolute atomic E-state index is 0.181. The molecule has 2 aliphatic rings. The van der Waals surface area contributed by atoms with E-state index in [1.54, 1.807) is 12.1 Å². The summed E-state index contributed by atoms with van der Waals surface area (Å²) >= 11 is 0. The second-order valence-electron chi connectivity index (χ2n) is 8.31. The quantitative estimate of drug-likeness (QED) is 0.589. The number of nitrogens with zero attached hydrogens (tertiary/aromatic N) is 3. The Morgan fingerprint density at radius 1 is 0.879 bits per heavy atom. The first-order valence-corrected chi connectivity index (χ1v) is 13.0. The second kappa shape index (κ2) is 11.1. The summed E-state index contributed by atoms with van der Waals surface area (Å²) in [5.41, 5.74) is 1.74. The number of nitrogens with one attached hydrogen (secondary N) is 1. The van der Waals surface area contributed by atoms with Gasteiger partial charge in [0.2, 0.25) is 10.0 Å². The van der Waals surface area contributed by atoms with Crippen LogP contribution in [-0.2, 0) is 14.8 Å². The lowest BCUT2D eigenvalue weighted by Crippen LogP contribution is -2.47. The van der Waals surface area contributed by atoms with E-state index < -0.39 is 10.0 Å². The van der Waals surface area contributed by atoms with Gasteiger partial charge in [0.25, 0.3) is 5.91 Å². The van der Waals surface area contributed by atoms with Crippen LogP contribution in [0.15, 0.2) is 59.5 Å². The van der Waals surface area contributed by atoms with Crippen LogP contribution in [0.2, 0.25) is 0 Å². The molecule has 2 heterocycles. The number of morpholine rings is 1. The normalized spacial score (nSPS) is 18.2. The first kappa shape index (κ1) is 23.7. The summed E-state index contributed by atoms with van der Waals surface area (Å²) in [4.78, 5) is 17.5. The van der Waals surface area contributed by atoms with Crippen molar-refractivity contribution in [2.75, 3.05) is 70.5 Å². The Morgan fingerprint density at radius 2 is 1.55 bits per heavy atom. The predicted octanol–water partition coefficient (Wildman–Crippen LogP) is 1.65. The summed E-state index contributed by atoms with van der Waals surface area (Å²) in [6.45, 7) is 7.10. The lowest BCUT2D eigenvalue weighted by molar-refractivity contribution is 0.0730. The van der Waals surface area contributed by atoms with E-state index in [-0.39, 0.29) is 10.8 Å². The molecule has 178 valence electrons. The summed E-state index contributed by atoms with van der Waals surface area (Å²) in [7, 11) is -3.55. The summed E-state index contributed by atoms with van der Waals surface area (Å²) in [6, 6.07) is 16.6. The van der Waals surface area contributed by atoms with Crippen molar-refractivity contribution in [2.24, 2.45) is 0 Å². The fourth-order valence-corrected chi connectivity index (χ4v) is 5.60. The van der Waals surface area contributed by atoms with Crippen molar-refractivity contribution in [1.82, 2.24) is 14.5 Å². The molecular weight excluding hydrogens is 440 g/mol. The number of carbonyl (C=O) groups is 1. The van der Waals surface area contributed by atoms with Crippen LogP contribution in [0.3, 0.4) is 0 Å². The Balaban J connectivity index is 1.18. The molecule has 0 bridgehead atoms. The monoisotopic (exact) mass is 472 g/mol. The molecule has 2 aromatic rings. The molecule has 1 amide bonds. The fourth-order valence-electron chi connectivity index (χ4n) is 4.19. The van der Waals surface area contributed by atoms with Gasteiger partial charge in [0.05, 0.1) is 18.1 Å². The van der Waals surface area contributed by atoms with E-state index >= 15 is 0 Å². The molecule has 33 heavy (non-hydrogen) atoms. The number of benzene rings is 2. The van der Waals surface area contributed by atoms with Gasteiger partial charge in [-0.15, -0.1) is 0 Å². The Labute approximate surface area is 196 Å². The minimum atomic E-state index is -3.55. The van der Waals surface area contributed by atoms with Crippen LogP contribution < -0.4 is 10.2 Å². The van der Waals surface area contributed by atoms with Gasteiger partial charge < -0.3 is 15.0 Å². The first-order valence-electron chi connectivity index (χ1n) is 11.5. The van der Waals surface area contributed by atoms with Gasteiger partial charge in [-0.25, -0.2) is 8.42 Å². The molecule has 2 fully saturated rings. The van der Waals surface area contributed by atoms with Crippen molar-refractivity contribution < 1.29 is 17.9 Å². The van der Waals surface area contributed by atoms with Crippen molar-refractivity contribution in [3.8, 4) is 0 Å². The number of ether oxygens (including phenoxy) is 1. The smallest absolute Gasteiger partial charge is 0.251 e. The number of anilines is 1. The zero-order valence-corrected chi connectivity index (χ0v) is 19.7. The van der Waals surface area contributed by atoms with E-state index in [1.165, 1.54) is 22.1 Å². The molecule has 1 N–H and O–H groups in total. The van der Waals surface area contributed by atoms with Crippen LogP contribution in [0.4, 0.5) is 5.69 Å². The maximum absolute atomic E-state index is 12.7. The van der Waals surface area contributed by atoms with E-state index in [9.17, 15) is 13.2 Å². The molecule has 0 atom stereocenters. The summed E-state index contributed by atoms with van der Waals surface area (Å²) in [6.07, 6.45) is 0.876. The third-order valence-corrected chi connectivity index (χ3v) is 8.07. The molecule has 2 aliphatic heterocycles. The Hall–Kier alpha value is -2.46. The summed E-state index contributed by atoms with van der Waals surface area (Å²) in [5.74, 6) is -0.181. The zero-order chi connectivity index (χ0) is 23.1. The van der Waals surface area contributed by atoms with Gasteiger partial charge in [-0.2, -0.15) is 4.31 Å². The zero-order valence-electron chi connectivity index (χ0n) is 18.9. The topological polar surface area (TPSA) is 82.2 Å². The van der Waals surface area contributed by atoms with E-state index in [4.69, 9.17) is 4.74 Å². The molecule has 4 rings (SSSR count). The Kier molecular flexibility index (Phi) is 7.97. The maximum atomic E-state index is 12.7. The Morgan fingerprint density at radius 3 is 2.21 bits per heavy atom. The van der Waals surface area contributed by atoms with E-state index in [0.29, 0.717) is 38.4 Å². The number of hydrogen-bond acceptors (Lipinski definition) is 6. The van der Waals surface area contributed by atoms with Gasteiger partial charge in [-0.1, -0.05) is 18.2 Å². The number of sulfonamides is 1. The molecule has 0 saturated carbocycles. The molecule has 0 unspecified atom stereocenters. The van der Waals surface area contributed by atoms with Gasteiger partial charge in [0.1, 0.15) is 0 Å². The van der Waals surface area contributed by atoms with Crippen molar-refractivity contribution in [1.29, 1.82) is 0 Å². The van der Waals surface area contributed by atoms with Gasteiger partial charge in [0, 0.05) is 57.1 Å². The molecule has 0 aliphatic carbocycles. The third kappa shape index (κ3) is 6.11. The highest BCUT2D eigenvalue weighted by molar-refractivity contribution is 7.89. The number of amides is 1. The number of hydrogen-bond donors (Lipinski definition) is 1. The summed E-state index contributed by atoms with van der Waals surface area (Å²) < 4.78 is 32.0. The minimum Gasteiger partial charge on any atom is -0.379 e. The number of rotatable bonds is 8. The van der Waals surface area contributed by atoms with E-state index in [2.05, 4.69) is 39.4 Å². The highest BCUT2D eigenvalue weighted by Crippen LogP contribution is 2.18. The van der Waals surface area contributed by atoms with Crippen LogP contribution in [-0.4, -0.2) is 89.1 Å². The number of carbonyl (C=O) groups excluding carboxylic acids is 1. The van der Waals surface area contributed by atoms with Gasteiger partial charge in [-0.05, 0) is 49.4 Å². The van der Waals surface area contributed by atoms with Crippen LogP contribution in [0.25, 0.3) is 0 Å². The van der Waals surface area contributed by atoms with Crippen LogP contribution >= 0.6 is 0 Å². The SMILES string of the molecule is O=C(NCCCN1CCN(c2ccccc2)CC1)c1ccc(S(=O)(=O)N2CCOCC2)cc1. The molecule has 2 saturated heterocycles. The molecule has 8 nitrogen and oxygen atoms in total. The average molecular weight is 473 g/mol. The first-order chi connectivity index (χ1) is 16.0. The van der Waals surface area contributed by atoms with Crippen LogP contribution in [0.5, 0.6) is 0 Å². The molecular formula is C24H32N4O4S. The van der Waals surface area contributed by atoms with Crippen molar-refractivity contribution in [3.05, 3.63) is 60.2 Å². The lowest BCUT2D eigenvalue weighted by atomic mass is 10.2. The highest BCUT2D eigenvalue weighted by Gasteiger charge is 2.26. The molecule has 9 heteroatoms. The summed E-state index contributed by atoms with van der Waals surface area (Å²) in [5, 5.41) is 2.94. The van der Waals surface area contributed by atoms with Gasteiger partial charge >= 0.3 is 0 Å². The largest absolute Gasteiger partial charge is 0.379 e. The molecule has 0 aromatic heterocycles. The highest BCUT2D eigenvalue weighted by atomic mass is 32.2. The average Bonchev–Trinajstić information content (AvgIpc) is 2.88. The molecule has 0 spiro atoms. The van der Waals surface area contributed by atoms with E-state index in [1.807, 2.05) is 6.07 Å². The lowest BCUT2D eigenvalue weighted by Gasteiger charge is -2.36. The molecule has 0 radical (unpaired) electrons. The standard InChI is InChI=1S/C24H32N4O4S/c29-24(21-7-9-23(10-8-21)33(30,31)28-17-19-32-20-18-28)25-11-4-12-26-13-15-27(16-14-26)22-5-2-1-3-6-22/h1-3,5-10H,4,11-20H2,(H,25,29). The number of para-hydroxylation sites is 1. The van der Waals surface area contributed by atoms with Crippen LogP contribution in [0.1, 0.15) is 16.8 Å². The Bertz CT molecular complexity index is 1000. The number of piperazine rings is 1. The second-order valence-corrected chi connectivity index (χ2v) is 10.3. The van der Waals surface area contributed by atoms with Crippen molar-refractivity contribution in [2.45, 2.75) is 11.3 Å². The van der Waals surface area contributed by atoms with Crippen LogP contribution in [0, 0.1) is 0 Å². The predicted molar refractivity (Wildman–Crippen MR) is 128 cm³/mol. The molecule has 2 aromatic carbocycles. The van der Waals surface area contributed by atoms with Gasteiger partial charge in [-0.3, -0.25) is 9.69 Å². The maximum Gasteiger partial charge on any atom is 0.251 e. The fraction of sp³-hybridized carbons (Fsp3) is 0.458.